The SMILES string of the molecule is COC(=O)CCN(CC(=O)Nc1nccs1)CC(C)C. The largest absolute Gasteiger partial charge is 0.469 e. The van der Waals surface area contributed by atoms with E-state index in [0.717, 1.165) is 6.54 Å². The van der Waals surface area contributed by atoms with Gasteiger partial charge in [0, 0.05) is 24.7 Å². The first-order valence-electron chi connectivity index (χ1n) is 6.49. The number of esters is 1. The second-order valence-corrected chi connectivity index (χ2v) is 5.74. The summed E-state index contributed by atoms with van der Waals surface area (Å²) in [5.74, 6) is 0.0323. The summed E-state index contributed by atoms with van der Waals surface area (Å²) in [6, 6.07) is 0. The monoisotopic (exact) mass is 299 g/mol. The van der Waals surface area contributed by atoms with Gasteiger partial charge in [-0.15, -0.1) is 11.3 Å². The van der Waals surface area contributed by atoms with Gasteiger partial charge in [0.15, 0.2) is 5.13 Å². The van der Waals surface area contributed by atoms with E-state index in [0.29, 0.717) is 17.6 Å². The van der Waals surface area contributed by atoms with Crippen LogP contribution in [0.5, 0.6) is 0 Å². The minimum atomic E-state index is -0.265. The fourth-order valence-electron chi connectivity index (χ4n) is 1.75. The van der Waals surface area contributed by atoms with E-state index < -0.39 is 0 Å². The van der Waals surface area contributed by atoms with E-state index in [9.17, 15) is 9.59 Å². The number of carbonyl (C=O) groups excluding carboxylic acids is 2. The fourth-order valence-corrected chi connectivity index (χ4v) is 2.29. The number of ether oxygens (including phenoxy) is 1. The van der Waals surface area contributed by atoms with Crippen LogP contribution in [0.1, 0.15) is 20.3 Å². The van der Waals surface area contributed by atoms with Gasteiger partial charge in [-0.2, -0.15) is 0 Å². The molecule has 0 aromatic carbocycles. The zero-order chi connectivity index (χ0) is 15.0. The number of amides is 1. The molecular weight excluding hydrogens is 278 g/mol. The Morgan fingerprint density at radius 2 is 2.25 bits per heavy atom. The second kappa shape index (κ2) is 8.65. The Morgan fingerprint density at radius 1 is 1.50 bits per heavy atom. The van der Waals surface area contributed by atoms with E-state index in [1.165, 1.54) is 18.4 Å². The number of nitrogens with one attached hydrogen (secondary N) is 1. The molecule has 0 atom stereocenters. The quantitative estimate of drug-likeness (QED) is 0.738. The normalized spacial score (nSPS) is 10.8. The van der Waals surface area contributed by atoms with Gasteiger partial charge >= 0.3 is 5.97 Å². The number of methoxy groups -OCH3 is 1. The van der Waals surface area contributed by atoms with Crippen LogP contribution in [-0.2, 0) is 14.3 Å². The van der Waals surface area contributed by atoms with Crippen LogP contribution in [0.25, 0.3) is 0 Å². The number of hydrogen-bond acceptors (Lipinski definition) is 6. The van der Waals surface area contributed by atoms with Crippen LogP contribution >= 0.6 is 11.3 Å². The van der Waals surface area contributed by atoms with Crippen molar-refractivity contribution in [1.29, 1.82) is 0 Å². The van der Waals surface area contributed by atoms with Gasteiger partial charge < -0.3 is 10.1 Å². The van der Waals surface area contributed by atoms with Gasteiger partial charge in [-0.05, 0) is 5.92 Å². The standard InChI is InChI=1S/C13H21N3O3S/c1-10(2)8-16(6-4-12(18)19-3)9-11(17)15-13-14-5-7-20-13/h5,7,10H,4,6,8-9H2,1-3H3,(H,14,15,17). The van der Waals surface area contributed by atoms with Gasteiger partial charge in [0.2, 0.25) is 5.91 Å². The maximum atomic E-state index is 11.9. The Balaban J connectivity index is 2.46. The summed E-state index contributed by atoms with van der Waals surface area (Å²) >= 11 is 1.38. The summed E-state index contributed by atoms with van der Waals surface area (Å²) in [5.41, 5.74) is 0. The third-order valence-electron chi connectivity index (χ3n) is 2.53. The van der Waals surface area contributed by atoms with Crippen molar-refractivity contribution >= 4 is 28.3 Å². The van der Waals surface area contributed by atoms with Crippen molar-refractivity contribution in [3.8, 4) is 0 Å². The molecule has 1 rings (SSSR count). The number of rotatable bonds is 8. The van der Waals surface area contributed by atoms with Crippen molar-refractivity contribution in [2.75, 3.05) is 32.1 Å². The summed E-state index contributed by atoms with van der Waals surface area (Å²) in [6.45, 7) is 5.65. The van der Waals surface area contributed by atoms with Gasteiger partial charge in [0.25, 0.3) is 0 Å². The van der Waals surface area contributed by atoms with Crippen molar-refractivity contribution in [3.05, 3.63) is 11.6 Å². The molecule has 0 aliphatic rings. The highest BCUT2D eigenvalue weighted by Crippen LogP contribution is 2.10. The molecule has 0 radical (unpaired) electrons. The lowest BCUT2D eigenvalue weighted by Crippen LogP contribution is -2.37. The first kappa shape index (κ1) is 16.6. The molecule has 1 N–H and O–H groups in total. The lowest BCUT2D eigenvalue weighted by Gasteiger charge is -2.22. The van der Waals surface area contributed by atoms with Gasteiger partial charge in [-0.1, -0.05) is 13.8 Å². The lowest BCUT2D eigenvalue weighted by molar-refractivity contribution is -0.141. The highest BCUT2D eigenvalue weighted by atomic mass is 32.1. The molecule has 0 aliphatic heterocycles. The van der Waals surface area contributed by atoms with Crippen LogP contribution in [-0.4, -0.2) is 48.5 Å². The molecule has 0 unspecified atom stereocenters. The number of aromatic nitrogens is 1. The summed E-state index contributed by atoms with van der Waals surface area (Å²) < 4.78 is 4.62. The fraction of sp³-hybridized carbons (Fsp3) is 0.615. The first-order valence-corrected chi connectivity index (χ1v) is 7.37. The number of anilines is 1. The molecule has 6 nitrogen and oxygen atoms in total. The van der Waals surface area contributed by atoms with E-state index in [4.69, 9.17) is 0 Å². The van der Waals surface area contributed by atoms with Crippen LogP contribution in [0.15, 0.2) is 11.6 Å². The van der Waals surface area contributed by atoms with Crippen LogP contribution in [0, 0.1) is 5.92 Å². The minimum Gasteiger partial charge on any atom is -0.469 e. The predicted molar refractivity (Wildman–Crippen MR) is 78.7 cm³/mol. The molecule has 0 aliphatic carbocycles. The summed E-state index contributed by atoms with van der Waals surface area (Å²) in [6.07, 6.45) is 1.93. The van der Waals surface area contributed by atoms with Gasteiger partial charge in [-0.3, -0.25) is 14.5 Å². The van der Waals surface area contributed by atoms with E-state index in [1.54, 1.807) is 11.6 Å². The van der Waals surface area contributed by atoms with E-state index in [2.05, 4.69) is 28.9 Å². The van der Waals surface area contributed by atoms with Crippen molar-refractivity contribution in [2.24, 2.45) is 5.92 Å². The molecule has 0 bridgehead atoms. The van der Waals surface area contributed by atoms with Crippen molar-refractivity contribution < 1.29 is 14.3 Å². The predicted octanol–water partition coefficient (Wildman–Crippen LogP) is 1.60. The Hall–Kier alpha value is -1.47. The molecule has 0 fully saturated rings. The lowest BCUT2D eigenvalue weighted by atomic mass is 10.2. The van der Waals surface area contributed by atoms with E-state index >= 15 is 0 Å². The maximum Gasteiger partial charge on any atom is 0.306 e. The Morgan fingerprint density at radius 3 is 2.80 bits per heavy atom. The molecule has 1 aromatic rings. The molecule has 1 amide bonds. The van der Waals surface area contributed by atoms with Crippen LogP contribution in [0.3, 0.4) is 0 Å². The molecule has 0 saturated heterocycles. The Bertz CT molecular complexity index is 421. The Labute approximate surface area is 123 Å². The van der Waals surface area contributed by atoms with Gasteiger partial charge in [-0.25, -0.2) is 4.98 Å². The number of nitrogens with zero attached hydrogens (tertiary/aromatic N) is 2. The van der Waals surface area contributed by atoms with Gasteiger partial charge in [0.1, 0.15) is 0 Å². The zero-order valence-corrected chi connectivity index (χ0v) is 12.9. The number of hydrogen-bond donors (Lipinski definition) is 1. The highest BCUT2D eigenvalue weighted by molar-refractivity contribution is 7.13. The summed E-state index contributed by atoms with van der Waals surface area (Å²) in [7, 11) is 1.37. The van der Waals surface area contributed by atoms with E-state index in [1.807, 2.05) is 4.90 Å². The topological polar surface area (TPSA) is 71.5 Å². The second-order valence-electron chi connectivity index (χ2n) is 4.84. The van der Waals surface area contributed by atoms with Crippen molar-refractivity contribution in [2.45, 2.75) is 20.3 Å². The number of carbonyl (C=O) groups is 2. The van der Waals surface area contributed by atoms with Gasteiger partial charge in [0.05, 0.1) is 20.1 Å². The summed E-state index contributed by atoms with van der Waals surface area (Å²) in [5, 5.41) is 5.13. The summed E-state index contributed by atoms with van der Waals surface area (Å²) in [4.78, 5) is 29.1. The first-order chi connectivity index (χ1) is 9.51. The average molecular weight is 299 g/mol. The third kappa shape index (κ3) is 6.63. The van der Waals surface area contributed by atoms with E-state index in [-0.39, 0.29) is 24.8 Å². The third-order valence-corrected chi connectivity index (χ3v) is 3.22. The average Bonchev–Trinajstić information content (AvgIpc) is 2.87. The van der Waals surface area contributed by atoms with Crippen molar-refractivity contribution in [3.63, 3.8) is 0 Å². The molecule has 20 heavy (non-hydrogen) atoms. The van der Waals surface area contributed by atoms with Crippen LogP contribution in [0.2, 0.25) is 0 Å². The molecule has 1 aromatic heterocycles. The molecular formula is C13H21N3O3S. The maximum absolute atomic E-state index is 11.9. The molecule has 0 saturated carbocycles. The molecule has 112 valence electrons. The van der Waals surface area contributed by atoms with Crippen LogP contribution < -0.4 is 5.32 Å². The molecule has 7 heteroatoms. The minimum absolute atomic E-state index is 0.120. The smallest absolute Gasteiger partial charge is 0.306 e. The van der Waals surface area contributed by atoms with Crippen LogP contribution in [0.4, 0.5) is 5.13 Å². The number of thiazole rings is 1. The van der Waals surface area contributed by atoms with Crippen molar-refractivity contribution in [1.82, 2.24) is 9.88 Å². The molecule has 1 heterocycles. The Kier molecular flexibility index (Phi) is 7.17. The highest BCUT2D eigenvalue weighted by Gasteiger charge is 2.14. The zero-order valence-electron chi connectivity index (χ0n) is 12.1. The molecule has 0 spiro atoms.